The van der Waals surface area contributed by atoms with E-state index in [1.54, 1.807) is 6.20 Å². The maximum Gasteiger partial charge on any atom is 0.226 e. The van der Waals surface area contributed by atoms with Gasteiger partial charge in [-0.05, 0) is 12.1 Å². The predicted molar refractivity (Wildman–Crippen MR) is 75.2 cm³/mol. The summed E-state index contributed by atoms with van der Waals surface area (Å²) in [4.78, 5) is 31.3. The van der Waals surface area contributed by atoms with Gasteiger partial charge in [0.1, 0.15) is 10.8 Å². The maximum atomic E-state index is 11.8. The highest BCUT2D eigenvalue weighted by atomic mass is 32.1. The molecule has 0 aliphatic heterocycles. The molecular weight excluding hydrogens is 274 g/mol. The molecular formula is C14H13N3O2S. The average Bonchev–Trinajstić information content (AvgIpc) is 2.86. The Hall–Kier alpha value is -2.08. The minimum atomic E-state index is -0.0830. The van der Waals surface area contributed by atoms with Gasteiger partial charge >= 0.3 is 0 Å². The third kappa shape index (κ3) is 2.91. The quantitative estimate of drug-likeness (QED) is 0.927. The van der Waals surface area contributed by atoms with Gasteiger partial charge in [-0.15, -0.1) is 11.3 Å². The fourth-order valence-corrected chi connectivity index (χ4v) is 2.83. The standard InChI is InChI=1S/C14H13N3O2S/c18-11-5-9(6-11)16-13(19)7-10-8-20-14(17-10)12-3-1-2-4-15-12/h1-4,8-9H,5-7H2,(H,16,19). The van der Waals surface area contributed by atoms with Gasteiger partial charge in [0.2, 0.25) is 5.91 Å². The lowest BCUT2D eigenvalue weighted by atomic mass is 9.91. The molecule has 2 aromatic rings. The summed E-state index contributed by atoms with van der Waals surface area (Å²) >= 11 is 1.48. The molecule has 2 heterocycles. The number of carbonyl (C=O) groups is 2. The van der Waals surface area contributed by atoms with E-state index in [0.717, 1.165) is 16.4 Å². The molecule has 20 heavy (non-hydrogen) atoms. The summed E-state index contributed by atoms with van der Waals surface area (Å²) in [6, 6.07) is 5.67. The van der Waals surface area contributed by atoms with Gasteiger partial charge < -0.3 is 5.32 Å². The lowest BCUT2D eigenvalue weighted by Gasteiger charge is -2.24. The van der Waals surface area contributed by atoms with Crippen molar-refractivity contribution in [3.05, 3.63) is 35.5 Å². The maximum absolute atomic E-state index is 11.8. The van der Waals surface area contributed by atoms with E-state index in [2.05, 4.69) is 15.3 Å². The van der Waals surface area contributed by atoms with E-state index >= 15 is 0 Å². The molecule has 0 bridgehead atoms. The summed E-state index contributed by atoms with van der Waals surface area (Å²) in [5, 5.41) is 5.52. The van der Waals surface area contributed by atoms with Crippen molar-refractivity contribution in [2.24, 2.45) is 0 Å². The largest absolute Gasteiger partial charge is 0.352 e. The Labute approximate surface area is 120 Å². The fourth-order valence-electron chi connectivity index (χ4n) is 2.03. The molecule has 1 saturated carbocycles. The number of aromatic nitrogens is 2. The number of rotatable bonds is 4. The van der Waals surface area contributed by atoms with Crippen LogP contribution in [0.3, 0.4) is 0 Å². The predicted octanol–water partition coefficient (Wildman–Crippen LogP) is 1.60. The second-order valence-corrected chi connectivity index (χ2v) is 5.61. The van der Waals surface area contributed by atoms with Gasteiger partial charge in [-0.1, -0.05) is 6.07 Å². The number of pyridine rings is 1. The fraction of sp³-hybridized carbons (Fsp3) is 0.286. The first-order valence-electron chi connectivity index (χ1n) is 6.37. The Balaban J connectivity index is 1.60. The zero-order chi connectivity index (χ0) is 13.9. The van der Waals surface area contributed by atoms with E-state index in [1.165, 1.54) is 11.3 Å². The molecule has 0 spiro atoms. The first-order chi connectivity index (χ1) is 9.70. The van der Waals surface area contributed by atoms with Crippen LogP contribution in [0.5, 0.6) is 0 Å². The van der Waals surface area contributed by atoms with E-state index in [4.69, 9.17) is 0 Å². The molecule has 102 valence electrons. The molecule has 0 saturated heterocycles. The van der Waals surface area contributed by atoms with E-state index in [-0.39, 0.29) is 24.2 Å². The van der Waals surface area contributed by atoms with Crippen LogP contribution in [0.25, 0.3) is 10.7 Å². The van der Waals surface area contributed by atoms with Crippen LogP contribution in [0.4, 0.5) is 0 Å². The monoisotopic (exact) mass is 287 g/mol. The summed E-state index contributed by atoms with van der Waals surface area (Å²) in [5.41, 5.74) is 1.55. The van der Waals surface area contributed by atoms with Crippen molar-refractivity contribution >= 4 is 23.0 Å². The van der Waals surface area contributed by atoms with Crippen molar-refractivity contribution in [2.45, 2.75) is 25.3 Å². The lowest BCUT2D eigenvalue weighted by molar-refractivity contribution is -0.128. The Morgan fingerprint density at radius 1 is 1.40 bits per heavy atom. The number of carbonyl (C=O) groups excluding carboxylic acids is 2. The van der Waals surface area contributed by atoms with Crippen LogP contribution in [0.1, 0.15) is 18.5 Å². The molecule has 1 amide bonds. The summed E-state index contributed by atoms with van der Waals surface area (Å²) in [6.07, 6.45) is 2.88. The van der Waals surface area contributed by atoms with Crippen molar-refractivity contribution in [3.8, 4) is 10.7 Å². The first-order valence-corrected chi connectivity index (χ1v) is 7.25. The molecule has 1 fully saturated rings. The van der Waals surface area contributed by atoms with Crippen molar-refractivity contribution in [3.63, 3.8) is 0 Å². The van der Waals surface area contributed by atoms with Gasteiger partial charge in [0.25, 0.3) is 0 Å². The number of hydrogen-bond donors (Lipinski definition) is 1. The topological polar surface area (TPSA) is 72.0 Å². The average molecular weight is 287 g/mol. The van der Waals surface area contributed by atoms with E-state index in [1.807, 2.05) is 23.6 Å². The van der Waals surface area contributed by atoms with E-state index in [9.17, 15) is 9.59 Å². The number of ketones is 1. The number of Topliss-reactive ketones (excluding diaryl/α,β-unsaturated/α-hetero) is 1. The van der Waals surface area contributed by atoms with Gasteiger partial charge in [-0.25, -0.2) is 4.98 Å². The van der Waals surface area contributed by atoms with E-state index in [0.29, 0.717) is 12.8 Å². The van der Waals surface area contributed by atoms with Crippen molar-refractivity contribution in [2.75, 3.05) is 0 Å². The molecule has 0 radical (unpaired) electrons. The Bertz CT molecular complexity index is 631. The molecule has 5 nitrogen and oxygen atoms in total. The molecule has 6 heteroatoms. The van der Waals surface area contributed by atoms with Gasteiger partial charge in [0, 0.05) is 30.5 Å². The molecule has 1 N–H and O–H groups in total. The van der Waals surface area contributed by atoms with Crippen LogP contribution in [0.2, 0.25) is 0 Å². The summed E-state index contributed by atoms with van der Waals surface area (Å²) in [6.45, 7) is 0. The van der Waals surface area contributed by atoms with Crippen LogP contribution < -0.4 is 5.32 Å². The van der Waals surface area contributed by atoms with E-state index < -0.39 is 0 Å². The Morgan fingerprint density at radius 2 is 2.25 bits per heavy atom. The van der Waals surface area contributed by atoms with Gasteiger partial charge in [0.05, 0.1) is 17.8 Å². The van der Waals surface area contributed by atoms with Gasteiger partial charge in [-0.2, -0.15) is 0 Å². The van der Waals surface area contributed by atoms with Crippen LogP contribution in [0, 0.1) is 0 Å². The van der Waals surface area contributed by atoms with Crippen LogP contribution in [-0.4, -0.2) is 27.7 Å². The van der Waals surface area contributed by atoms with Crippen molar-refractivity contribution in [1.29, 1.82) is 0 Å². The third-order valence-corrected chi connectivity index (χ3v) is 4.00. The minimum absolute atomic E-state index is 0.0175. The second kappa shape index (κ2) is 5.50. The first kappa shape index (κ1) is 12.9. The zero-order valence-corrected chi connectivity index (χ0v) is 11.5. The van der Waals surface area contributed by atoms with Crippen LogP contribution >= 0.6 is 11.3 Å². The molecule has 1 aliphatic carbocycles. The molecule has 0 unspecified atom stereocenters. The number of nitrogens with one attached hydrogen (secondary N) is 1. The smallest absolute Gasteiger partial charge is 0.226 e. The molecule has 1 aliphatic rings. The molecule has 3 rings (SSSR count). The number of hydrogen-bond acceptors (Lipinski definition) is 5. The van der Waals surface area contributed by atoms with Crippen LogP contribution in [-0.2, 0) is 16.0 Å². The number of amides is 1. The highest BCUT2D eigenvalue weighted by Crippen LogP contribution is 2.21. The minimum Gasteiger partial charge on any atom is -0.352 e. The molecule has 0 atom stereocenters. The third-order valence-electron chi connectivity index (χ3n) is 3.09. The summed E-state index contributed by atoms with van der Waals surface area (Å²) in [5.74, 6) is 0.127. The zero-order valence-electron chi connectivity index (χ0n) is 10.7. The van der Waals surface area contributed by atoms with Crippen molar-refractivity contribution < 1.29 is 9.59 Å². The normalized spacial score (nSPS) is 14.9. The lowest BCUT2D eigenvalue weighted by Crippen LogP contribution is -2.45. The number of thiazole rings is 1. The molecule has 0 aromatic carbocycles. The highest BCUT2D eigenvalue weighted by molar-refractivity contribution is 7.13. The SMILES string of the molecule is O=C1CC(NC(=O)Cc2csc(-c3ccccn3)n2)C1. The van der Waals surface area contributed by atoms with Crippen LogP contribution in [0.15, 0.2) is 29.8 Å². The Kier molecular flexibility index (Phi) is 3.56. The molecule has 2 aromatic heterocycles. The summed E-state index contributed by atoms with van der Waals surface area (Å²) in [7, 11) is 0. The van der Waals surface area contributed by atoms with Gasteiger partial charge in [0.15, 0.2) is 0 Å². The second-order valence-electron chi connectivity index (χ2n) is 4.75. The highest BCUT2D eigenvalue weighted by Gasteiger charge is 2.27. The summed E-state index contributed by atoms with van der Waals surface area (Å²) < 4.78 is 0. The van der Waals surface area contributed by atoms with Gasteiger partial charge in [-0.3, -0.25) is 14.6 Å². The number of nitrogens with zero attached hydrogens (tertiary/aromatic N) is 2. The Morgan fingerprint density at radius 3 is 2.95 bits per heavy atom. The van der Waals surface area contributed by atoms with Crippen molar-refractivity contribution in [1.82, 2.24) is 15.3 Å².